The number of benzene rings is 1. The smallest absolute Gasteiger partial charge is 0.245 e. The van der Waals surface area contributed by atoms with Crippen LogP contribution in [0, 0.1) is 5.82 Å². The molecule has 1 atom stereocenters. The monoisotopic (exact) mass is 318 g/mol. The van der Waals surface area contributed by atoms with Gasteiger partial charge < -0.3 is 15.6 Å². The van der Waals surface area contributed by atoms with Crippen molar-refractivity contribution in [3.63, 3.8) is 0 Å². The maximum atomic E-state index is 13.1. The van der Waals surface area contributed by atoms with Gasteiger partial charge in [0.1, 0.15) is 10.7 Å². The summed E-state index contributed by atoms with van der Waals surface area (Å²) in [6.07, 6.45) is -0.606. The summed E-state index contributed by atoms with van der Waals surface area (Å²) in [4.78, 5) is -0.140. The Kier molecular flexibility index (Phi) is 4.25. The number of morpholine rings is 1. The van der Waals surface area contributed by atoms with Gasteiger partial charge in [0.25, 0.3) is 0 Å². The van der Waals surface area contributed by atoms with E-state index in [1.807, 2.05) is 0 Å². The second-order valence-electron chi connectivity index (χ2n) is 5.66. The molecule has 0 saturated carbocycles. The van der Waals surface area contributed by atoms with Gasteiger partial charge in [-0.25, -0.2) is 12.8 Å². The molecule has 3 N–H and O–H groups in total. The number of nitrogens with zero attached hydrogens (tertiary/aromatic N) is 1. The van der Waals surface area contributed by atoms with Gasteiger partial charge in [-0.1, -0.05) is 0 Å². The minimum Gasteiger partial charge on any atom is -0.398 e. The van der Waals surface area contributed by atoms with Crippen LogP contribution in [0.15, 0.2) is 23.1 Å². The summed E-state index contributed by atoms with van der Waals surface area (Å²) in [5.74, 6) is -0.595. The Hall–Kier alpha value is -1.22. The van der Waals surface area contributed by atoms with Crippen molar-refractivity contribution >= 4 is 15.7 Å². The summed E-state index contributed by atoms with van der Waals surface area (Å²) in [6.45, 7) is 3.35. The molecule has 1 aliphatic rings. The highest BCUT2D eigenvalue weighted by Gasteiger charge is 2.39. The SMILES string of the molecule is CC1(C)CN(S(=O)(=O)c2ccc(F)cc2N)CC(CO)O1. The summed E-state index contributed by atoms with van der Waals surface area (Å²) < 4.78 is 45.2. The zero-order valence-corrected chi connectivity index (χ0v) is 12.7. The lowest BCUT2D eigenvalue weighted by Crippen LogP contribution is -2.55. The maximum Gasteiger partial charge on any atom is 0.245 e. The van der Waals surface area contributed by atoms with Gasteiger partial charge in [-0.15, -0.1) is 0 Å². The molecule has 0 aliphatic carbocycles. The van der Waals surface area contributed by atoms with Crippen LogP contribution in [0.2, 0.25) is 0 Å². The summed E-state index contributed by atoms with van der Waals surface area (Å²) in [5.41, 5.74) is 4.75. The average Bonchev–Trinajstić information content (AvgIpc) is 2.36. The van der Waals surface area contributed by atoms with Crippen LogP contribution in [0.4, 0.5) is 10.1 Å². The number of aliphatic hydroxyl groups is 1. The summed E-state index contributed by atoms with van der Waals surface area (Å²) in [6, 6.07) is 3.18. The number of hydrogen-bond acceptors (Lipinski definition) is 5. The largest absolute Gasteiger partial charge is 0.398 e. The Labute approximate surface area is 123 Å². The van der Waals surface area contributed by atoms with Crippen molar-refractivity contribution in [2.45, 2.75) is 30.4 Å². The Bertz CT molecular complexity index is 633. The van der Waals surface area contributed by atoms with E-state index in [0.717, 1.165) is 18.2 Å². The number of hydrogen-bond donors (Lipinski definition) is 2. The Morgan fingerprint density at radius 2 is 2.19 bits per heavy atom. The van der Waals surface area contributed by atoms with Gasteiger partial charge in [-0.3, -0.25) is 0 Å². The van der Waals surface area contributed by atoms with Crippen LogP contribution in [0.1, 0.15) is 13.8 Å². The van der Waals surface area contributed by atoms with E-state index in [1.54, 1.807) is 13.8 Å². The number of anilines is 1. The van der Waals surface area contributed by atoms with E-state index in [2.05, 4.69) is 0 Å². The molecule has 0 radical (unpaired) electrons. The van der Waals surface area contributed by atoms with Crippen molar-refractivity contribution in [2.24, 2.45) is 0 Å². The number of rotatable bonds is 3. The van der Waals surface area contributed by atoms with Crippen molar-refractivity contribution in [3.05, 3.63) is 24.0 Å². The van der Waals surface area contributed by atoms with Crippen LogP contribution >= 0.6 is 0 Å². The first-order valence-electron chi connectivity index (χ1n) is 6.49. The van der Waals surface area contributed by atoms with Gasteiger partial charge in [0, 0.05) is 13.1 Å². The van der Waals surface area contributed by atoms with E-state index in [1.165, 1.54) is 4.31 Å². The van der Waals surface area contributed by atoms with Crippen LogP contribution in [0.3, 0.4) is 0 Å². The van der Waals surface area contributed by atoms with Crippen LogP contribution in [0.25, 0.3) is 0 Å². The number of nitrogen functional groups attached to an aromatic ring is 1. The molecule has 0 amide bonds. The second kappa shape index (κ2) is 5.53. The minimum absolute atomic E-state index is 0.0269. The number of halogens is 1. The summed E-state index contributed by atoms with van der Waals surface area (Å²) in [7, 11) is -3.87. The fourth-order valence-electron chi connectivity index (χ4n) is 2.41. The third-order valence-corrected chi connectivity index (χ3v) is 5.13. The Morgan fingerprint density at radius 3 is 2.76 bits per heavy atom. The molecule has 1 aromatic carbocycles. The van der Waals surface area contributed by atoms with Crippen molar-refractivity contribution in [1.29, 1.82) is 0 Å². The van der Waals surface area contributed by atoms with E-state index in [9.17, 15) is 17.9 Å². The normalized spacial score (nSPS) is 23.1. The lowest BCUT2D eigenvalue weighted by Gasteiger charge is -2.41. The van der Waals surface area contributed by atoms with Crippen molar-refractivity contribution in [1.82, 2.24) is 4.31 Å². The molecular weight excluding hydrogens is 299 g/mol. The van der Waals surface area contributed by atoms with Gasteiger partial charge in [-0.2, -0.15) is 4.31 Å². The number of nitrogens with two attached hydrogens (primary N) is 1. The predicted molar refractivity (Wildman–Crippen MR) is 75.6 cm³/mol. The molecule has 0 bridgehead atoms. The van der Waals surface area contributed by atoms with E-state index in [-0.39, 0.29) is 30.3 Å². The fraction of sp³-hybridized carbons (Fsp3) is 0.538. The number of ether oxygens (including phenoxy) is 1. The molecule has 1 fully saturated rings. The quantitative estimate of drug-likeness (QED) is 0.795. The first kappa shape index (κ1) is 16.2. The molecule has 1 aliphatic heterocycles. The van der Waals surface area contributed by atoms with E-state index in [4.69, 9.17) is 10.5 Å². The molecule has 118 valence electrons. The molecule has 0 aromatic heterocycles. The summed E-state index contributed by atoms with van der Waals surface area (Å²) >= 11 is 0. The third-order valence-electron chi connectivity index (χ3n) is 3.24. The lowest BCUT2D eigenvalue weighted by molar-refractivity contribution is -0.131. The Morgan fingerprint density at radius 1 is 1.52 bits per heavy atom. The minimum atomic E-state index is -3.87. The number of aliphatic hydroxyl groups excluding tert-OH is 1. The van der Waals surface area contributed by atoms with Gasteiger partial charge in [-0.05, 0) is 32.0 Å². The summed E-state index contributed by atoms with van der Waals surface area (Å²) in [5, 5.41) is 9.25. The zero-order chi connectivity index (χ0) is 15.8. The molecule has 8 heteroatoms. The standard InChI is InChI=1S/C13H19FN2O4S/c1-13(2)8-16(6-10(7-17)20-13)21(18,19)12-4-3-9(14)5-11(12)15/h3-5,10,17H,6-8,15H2,1-2H3. The molecular formula is C13H19FN2O4S. The molecule has 1 aromatic rings. The zero-order valence-electron chi connectivity index (χ0n) is 11.9. The van der Waals surface area contributed by atoms with Gasteiger partial charge in [0.05, 0.1) is 24.0 Å². The van der Waals surface area contributed by atoms with Gasteiger partial charge in [0.2, 0.25) is 10.0 Å². The van der Waals surface area contributed by atoms with Crippen molar-refractivity contribution in [2.75, 3.05) is 25.4 Å². The second-order valence-corrected chi connectivity index (χ2v) is 7.57. The van der Waals surface area contributed by atoms with E-state index in [0.29, 0.717) is 0 Å². The molecule has 2 rings (SSSR count). The van der Waals surface area contributed by atoms with Gasteiger partial charge in [0.15, 0.2) is 0 Å². The topological polar surface area (TPSA) is 92.9 Å². The highest BCUT2D eigenvalue weighted by molar-refractivity contribution is 7.89. The van der Waals surface area contributed by atoms with Crippen LogP contribution in [-0.4, -0.2) is 49.2 Å². The third kappa shape index (κ3) is 3.34. The van der Waals surface area contributed by atoms with Crippen molar-refractivity contribution < 1.29 is 22.7 Å². The average molecular weight is 318 g/mol. The molecule has 21 heavy (non-hydrogen) atoms. The van der Waals surface area contributed by atoms with E-state index < -0.39 is 27.5 Å². The predicted octanol–water partition coefficient (Wildman–Crippen LogP) is 0.568. The Balaban J connectivity index is 2.38. The number of sulfonamides is 1. The highest BCUT2D eigenvalue weighted by Crippen LogP contribution is 2.29. The highest BCUT2D eigenvalue weighted by atomic mass is 32.2. The van der Waals surface area contributed by atoms with Crippen molar-refractivity contribution in [3.8, 4) is 0 Å². The first-order valence-corrected chi connectivity index (χ1v) is 7.93. The first-order chi connectivity index (χ1) is 9.65. The molecule has 0 spiro atoms. The van der Waals surface area contributed by atoms with Crippen LogP contribution in [-0.2, 0) is 14.8 Å². The van der Waals surface area contributed by atoms with E-state index >= 15 is 0 Å². The fourth-order valence-corrected chi connectivity index (χ4v) is 4.13. The van der Waals surface area contributed by atoms with Crippen LogP contribution < -0.4 is 5.73 Å². The van der Waals surface area contributed by atoms with Gasteiger partial charge >= 0.3 is 0 Å². The lowest BCUT2D eigenvalue weighted by atomic mass is 10.1. The maximum absolute atomic E-state index is 13.1. The van der Waals surface area contributed by atoms with Crippen LogP contribution in [0.5, 0.6) is 0 Å². The molecule has 6 nitrogen and oxygen atoms in total. The molecule has 1 saturated heterocycles. The molecule has 1 heterocycles. The molecule has 1 unspecified atom stereocenters.